The Labute approximate surface area is 179 Å². The van der Waals surface area contributed by atoms with Gasteiger partial charge in [-0.3, -0.25) is 9.59 Å². The molecule has 1 aromatic carbocycles. The molecule has 6 heteroatoms. The molecule has 30 heavy (non-hydrogen) atoms. The van der Waals surface area contributed by atoms with E-state index < -0.39 is 11.9 Å². The van der Waals surface area contributed by atoms with Crippen LogP contribution in [0.5, 0.6) is 0 Å². The van der Waals surface area contributed by atoms with Crippen molar-refractivity contribution in [2.24, 2.45) is 17.6 Å². The second kappa shape index (κ2) is 9.48. The van der Waals surface area contributed by atoms with Crippen molar-refractivity contribution in [1.29, 1.82) is 0 Å². The van der Waals surface area contributed by atoms with Gasteiger partial charge in [-0.2, -0.15) is 0 Å². The number of carboxylic acids is 1. The summed E-state index contributed by atoms with van der Waals surface area (Å²) < 4.78 is 5.82. The zero-order chi connectivity index (χ0) is 21.9. The van der Waals surface area contributed by atoms with E-state index in [4.69, 9.17) is 10.5 Å². The van der Waals surface area contributed by atoms with Crippen molar-refractivity contribution in [2.75, 3.05) is 13.7 Å². The minimum absolute atomic E-state index is 0.0129. The Bertz CT molecular complexity index is 770. The third-order valence-corrected chi connectivity index (χ3v) is 7.32. The summed E-state index contributed by atoms with van der Waals surface area (Å²) in [7, 11) is 1.72. The maximum Gasteiger partial charge on any atom is 0.306 e. The van der Waals surface area contributed by atoms with Crippen LogP contribution in [0, 0.1) is 11.8 Å². The number of carbonyl (C=O) groups excluding carboxylic acids is 1. The average molecular weight is 417 g/mol. The standard InChI is InChI=1S/C24H36N2O4/c1-24(2)19-13-17(22(25)27)10-9-16(19)14-20(30-3)21(24)26-12-11-18(23(28)29)15-7-5-4-6-8-15/h9-10,13,15,18,20-21,26H,4-8,11-12,14H2,1-3H3,(H2,25,27)(H,28,29)/t18-,20?,21?/m0/s1. The number of carbonyl (C=O) groups is 2. The molecule has 3 atom stereocenters. The Morgan fingerprint density at radius 2 is 1.97 bits per heavy atom. The minimum Gasteiger partial charge on any atom is -0.481 e. The van der Waals surface area contributed by atoms with Crippen molar-refractivity contribution >= 4 is 11.9 Å². The van der Waals surface area contributed by atoms with Gasteiger partial charge < -0.3 is 20.9 Å². The van der Waals surface area contributed by atoms with E-state index in [9.17, 15) is 14.7 Å². The van der Waals surface area contributed by atoms with E-state index in [2.05, 4.69) is 19.2 Å². The summed E-state index contributed by atoms with van der Waals surface area (Å²) in [5, 5.41) is 13.4. The van der Waals surface area contributed by atoms with Crippen LogP contribution in [0.4, 0.5) is 0 Å². The van der Waals surface area contributed by atoms with E-state index in [1.807, 2.05) is 12.1 Å². The zero-order valence-electron chi connectivity index (χ0n) is 18.4. The quantitative estimate of drug-likeness (QED) is 0.604. The van der Waals surface area contributed by atoms with Gasteiger partial charge in [-0.15, -0.1) is 0 Å². The zero-order valence-corrected chi connectivity index (χ0v) is 18.4. The highest BCUT2D eigenvalue weighted by molar-refractivity contribution is 5.93. The summed E-state index contributed by atoms with van der Waals surface area (Å²) >= 11 is 0. The molecule has 1 aromatic rings. The minimum atomic E-state index is -0.675. The number of ether oxygens (including phenoxy) is 1. The molecule has 0 heterocycles. The molecule has 1 fully saturated rings. The van der Waals surface area contributed by atoms with Crippen LogP contribution in [0.2, 0.25) is 0 Å². The van der Waals surface area contributed by atoms with Gasteiger partial charge >= 0.3 is 5.97 Å². The van der Waals surface area contributed by atoms with Gasteiger partial charge in [-0.25, -0.2) is 0 Å². The average Bonchev–Trinajstić information content (AvgIpc) is 2.72. The van der Waals surface area contributed by atoms with Crippen LogP contribution in [0.1, 0.15) is 73.9 Å². The van der Waals surface area contributed by atoms with Gasteiger partial charge in [-0.1, -0.05) is 39.2 Å². The Balaban J connectivity index is 1.74. The van der Waals surface area contributed by atoms with Crippen molar-refractivity contribution in [2.45, 2.75) is 76.4 Å². The van der Waals surface area contributed by atoms with Crippen molar-refractivity contribution in [3.05, 3.63) is 34.9 Å². The number of fused-ring (bicyclic) bond motifs is 1. The monoisotopic (exact) mass is 416 g/mol. The Hall–Kier alpha value is -1.92. The van der Waals surface area contributed by atoms with Gasteiger partial charge in [0.25, 0.3) is 0 Å². The molecule has 6 nitrogen and oxygen atoms in total. The van der Waals surface area contributed by atoms with E-state index in [1.165, 1.54) is 12.0 Å². The molecule has 2 unspecified atom stereocenters. The molecule has 3 rings (SSSR count). The number of hydrogen-bond donors (Lipinski definition) is 3. The molecule has 0 bridgehead atoms. The lowest BCUT2D eigenvalue weighted by Crippen LogP contribution is -2.57. The van der Waals surface area contributed by atoms with E-state index in [-0.39, 0.29) is 29.4 Å². The fourth-order valence-corrected chi connectivity index (χ4v) is 5.57. The molecular weight excluding hydrogens is 380 g/mol. The lowest BCUT2D eigenvalue weighted by molar-refractivity contribution is -0.144. The highest BCUT2D eigenvalue weighted by atomic mass is 16.5. The summed E-state index contributed by atoms with van der Waals surface area (Å²) in [6.07, 6.45) is 6.90. The lowest BCUT2D eigenvalue weighted by atomic mass is 9.67. The highest BCUT2D eigenvalue weighted by Gasteiger charge is 2.43. The van der Waals surface area contributed by atoms with Crippen LogP contribution >= 0.6 is 0 Å². The first-order valence-corrected chi connectivity index (χ1v) is 11.2. The molecule has 0 radical (unpaired) electrons. The summed E-state index contributed by atoms with van der Waals surface area (Å²) in [6.45, 7) is 4.93. The first-order chi connectivity index (χ1) is 14.3. The van der Waals surface area contributed by atoms with Crippen molar-refractivity contribution < 1.29 is 19.4 Å². The van der Waals surface area contributed by atoms with Gasteiger partial charge in [-0.05, 0) is 55.0 Å². The maximum atomic E-state index is 11.9. The van der Waals surface area contributed by atoms with Crippen molar-refractivity contribution in [3.63, 3.8) is 0 Å². The Morgan fingerprint density at radius 3 is 2.57 bits per heavy atom. The SMILES string of the molecule is COC1Cc2ccc(C(N)=O)cc2C(C)(C)C1NCC[C@H](C(=O)O)C1CCCCC1. The topological polar surface area (TPSA) is 102 Å². The summed E-state index contributed by atoms with van der Waals surface area (Å²) in [6, 6.07) is 5.67. The normalized spacial score (nSPS) is 24.8. The number of methoxy groups -OCH3 is 1. The molecule has 166 valence electrons. The van der Waals surface area contributed by atoms with E-state index in [1.54, 1.807) is 13.2 Å². The first-order valence-electron chi connectivity index (χ1n) is 11.2. The number of carboxylic acid groups (broad SMARTS) is 1. The molecule has 1 saturated carbocycles. The number of hydrogen-bond acceptors (Lipinski definition) is 4. The first kappa shape index (κ1) is 22.8. The van der Waals surface area contributed by atoms with Crippen LogP contribution in [0.25, 0.3) is 0 Å². The van der Waals surface area contributed by atoms with E-state index in [0.29, 0.717) is 18.5 Å². The number of benzene rings is 1. The van der Waals surface area contributed by atoms with Crippen molar-refractivity contribution in [3.8, 4) is 0 Å². The molecule has 4 N–H and O–H groups in total. The maximum absolute atomic E-state index is 11.9. The molecule has 0 spiro atoms. The van der Waals surface area contributed by atoms with Gasteiger partial charge in [0, 0.05) is 30.6 Å². The number of primary amides is 1. The smallest absolute Gasteiger partial charge is 0.306 e. The van der Waals surface area contributed by atoms with Crippen LogP contribution in [0.15, 0.2) is 18.2 Å². The van der Waals surface area contributed by atoms with Gasteiger partial charge in [0.1, 0.15) is 0 Å². The highest BCUT2D eigenvalue weighted by Crippen LogP contribution is 2.39. The molecule has 2 aliphatic carbocycles. The van der Waals surface area contributed by atoms with Crippen LogP contribution in [0.3, 0.4) is 0 Å². The summed E-state index contributed by atoms with van der Waals surface area (Å²) in [5.74, 6) is -1.11. The van der Waals surface area contributed by atoms with Gasteiger partial charge in [0.05, 0.1) is 12.0 Å². The fourth-order valence-electron chi connectivity index (χ4n) is 5.57. The molecular formula is C24H36N2O4. The number of nitrogens with two attached hydrogens (primary N) is 1. The molecule has 2 aliphatic rings. The predicted octanol–water partition coefficient (Wildman–Crippen LogP) is 3.26. The van der Waals surface area contributed by atoms with Crippen LogP contribution < -0.4 is 11.1 Å². The summed E-state index contributed by atoms with van der Waals surface area (Å²) in [4.78, 5) is 23.6. The van der Waals surface area contributed by atoms with Crippen LogP contribution in [-0.2, 0) is 21.4 Å². The van der Waals surface area contributed by atoms with Gasteiger partial charge in [0.2, 0.25) is 5.91 Å². The lowest BCUT2D eigenvalue weighted by Gasteiger charge is -2.45. The molecule has 0 saturated heterocycles. The van der Waals surface area contributed by atoms with Crippen molar-refractivity contribution in [1.82, 2.24) is 5.32 Å². The molecule has 0 aromatic heterocycles. The number of rotatable bonds is 8. The molecule has 0 aliphatic heterocycles. The third kappa shape index (κ3) is 4.70. The van der Waals surface area contributed by atoms with E-state index >= 15 is 0 Å². The fraction of sp³-hybridized carbons (Fsp3) is 0.667. The second-order valence-electron chi connectivity index (χ2n) is 9.50. The Kier molecular flexibility index (Phi) is 7.19. The summed E-state index contributed by atoms with van der Waals surface area (Å²) in [5.41, 5.74) is 8.00. The van der Waals surface area contributed by atoms with E-state index in [0.717, 1.165) is 37.7 Å². The predicted molar refractivity (Wildman–Crippen MR) is 117 cm³/mol. The second-order valence-corrected chi connectivity index (χ2v) is 9.50. The Morgan fingerprint density at radius 1 is 1.27 bits per heavy atom. The largest absolute Gasteiger partial charge is 0.481 e. The van der Waals surface area contributed by atoms with Crippen LogP contribution in [-0.4, -0.2) is 42.8 Å². The number of nitrogens with one attached hydrogen (secondary N) is 1. The third-order valence-electron chi connectivity index (χ3n) is 7.32. The molecule has 1 amide bonds. The number of aliphatic carboxylic acids is 1. The van der Waals surface area contributed by atoms with Gasteiger partial charge in [0.15, 0.2) is 0 Å². The number of amides is 1.